The lowest BCUT2D eigenvalue weighted by molar-refractivity contribution is -0.202. The third-order valence-corrected chi connectivity index (χ3v) is 5.82. The monoisotopic (exact) mass is 406 g/mol. The maximum Gasteiger partial charge on any atom is 0.408 e. The first-order valence-corrected chi connectivity index (χ1v) is 9.81. The molecule has 0 spiro atoms. The molecule has 1 unspecified atom stereocenters. The number of β-lactam (4-membered cyclic amide) rings is 1. The van der Waals surface area contributed by atoms with Crippen molar-refractivity contribution in [1.29, 1.82) is 0 Å². The summed E-state index contributed by atoms with van der Waals surface area (Å²) in [5, 5.41) is 9.52. The summed E-state index contributed by atoms with van der Waals surface area (Å²) in [6.07, 6.45) is 0.947. The molecule has 3 aliphatic rings. The van der Waals surface area contributed by atoms with E-state index in [0.717, 1.165) is 24.8 Å². The fourth-order valence-electron chi connectivity index (χ4n) is 4.38. The van der Waals surface area contributed by atoms with Gasteiger partial charge in [-0.15, -0.1) is 0 Å². The van der Waals surface area contributed by atoms with Gasteiger partial charge in [0.05, 0.1) is 26.8 Å². The van der Waals surface area contributed by atoms with E-state index >= 15 is 0 Å². The van der Waals surface area contributed by atoms with Gasteiger partial charge in [0.25, 0.3) is 0 Å². The SMILES string of the molecule is COc1ccc(CN2C(=O)[C@@H]3[C@H]2[C@@H](OC2CCCCO2)CN3C(=O)O)cc1OC. The molecule has 0 saturated carbocycles. The molecule has 1 N–H and O–H groups in total. The van der Waals surface area contributed by atoms with Gasteiger partial charge < -0.3 is 29.0 Å². The molecule has 29 heavy (non-hydrogen) atoms. The van der Waals surface area contributed by atoms with Crippen LogP contribution in [0.4, 0.5) is 4.79 Å². The Hall–Kier alpha value is -2.52. The summed E-state index contributed by atoms with van der Waals surface area (Å²) in [6, 6.07) is 4.46. The van der Waals surface area contributed by atoms with E-state index in [9.17, 15) is 14.7 Å². The average Bonchev–Trinajstić information content (AvgIpc) is 3.07. The number of ether oxygens (including phenoxy) is 4. The molecular formula is C20H26N2O7. The summed E-state index contributed by atoms with van der Waals surface area (Å²) in [6.45, 7) is 1.15. The number of likely N-dealkylation sites (tertiary alicyclic amines) is 2. The molecule has 9 nitrogen and oxygen atoms in total. The second-order valence-electron chi connectivity index (χ2n) is 7.50. The normalized spacial score (nSPS) is 28.7. The predicted octanol–water partition coefficient (Wildman–Crippen LogP) is 1.69. The zero-order chi connectivity index (χ0) is 20.5. The number of amides is 2. The van der Waals surface area contributed by atoms with Gasteiger partial charge in [-0.1, -0.05) is 6.07 Å². The van der Waals surface area contributed by atoms with E-state index in [1.54, 1.807) is 25.2 Å². The van der Waals surface area contributed by atoms with E-state index in [2.05, 4.69) is 0 Å². The van der Waals surface area contributed by atoms with Gasteiger partial charge in [-0.25, -0.2) is 4.79 Å². The number of rotatable bonds is 6. The van der Waals surface area contributed by atoms with Crippen molar-refractivity contribution in [3.63, 3.8) is 0 Å². The number of fused-ring (bicyclic) bond motifs is 1. The summed E-state index contributed by atoms with van der Waals surface area (Å²) in [5.41, 5.74) is 0.871. The van der Waals surface area contributed by atoms with Crippen LogP contribution in [0.25, 0.3) is 0 Å². The Morgan fingerprint density at radius 3 is 2.69 bits per heavy atom. The smallest absolute Gasteiger partial charge is 0.408 e. The highest BCUT2D eigenvalue weighted by Crippen LogP contribution is 2.38. The van der Waals surface area contributed by atoms with Crippen molar-refractivity contribution < 1.29 is 33.6 Å². The standard InChI is InChI=1S/C20H26N2O7/c1-26-13-7-6-12(9-14(13)27-2)10-21-17-15(29-16-5-3-4-8-28-16)11-22(20(24)25)18(17)19(21)23/h6-7,9,15-18H,3-5,8,10-11H2,1-2H3,(H,24,25)/t15-,16?,17+,18-/m0/s1. The highest BCUT2D eigenvalue weighted by atomic mass is 16.7. The number of hydrogen-bond acceptors (Lipinski definition) is 6. The molecule has 2 amide bonds. The van der Waals surface area contributed by atoms with Gasteiger partial charge in [-0.3, -0.25) is 9.69 Å². The second kappa shape index (κ2) is 8.08. The van der Waals surface area contributed by atoms with Gasteiger partial charge in [0.15, 0.2) is 17.8 Å². The van der Waals surface area contributed by atoms with Crippen molar-refractivity contribution in [3.8, 4) is 11.5 Å². The molecule has 3 aliphatic heterocycles. The highest BCUT2D eigenvalue weighted by Gasteiger charge is 2.61. The first kappa shape index (κ1) is 19.8. The Labute approximate surface area is 169 Å². The fourth-order valence-corrected chi connectivity index (χ4v) is 4.38. The summed E-state index contributed by atoms with van der Waals surface area (Å²) in [7, 11) is 3.12. The summed E-state index contributed by atoms with van der Waals surface area (Å²) >= 11 is 0. The number of benzene rings is 1. The third-order valence-electron chi connectivity index (χ3n) is 5.82. The van der Waals surface area contributed by atoms with Crippen molar-refractivity contribution in [1.82, 2.24) is 9.80 Å². The molecule has 0 aliphatic carbocycles. The van der Waals surface area contributed by atoms with E-state index < -0.39 is 18.2 Å². The van der Waals surface area contributed by atoms with Crippen LogP contribution in [-0.2, 0) is 20.8 Å². The van der Waals surface area contributed by atoms with Crippen molar-refractivity contribution in [2.45, 2.75) is 50.3 Å². The quantitative estimate of drug-likeness (QED) is 0.718. The van der Waals surface area contributed by atoms with Crippen LogP contribution in [0, 0.1) is 0 Å². The van der Waals surface area contributed by atoms with Gasteiger partial charge >= 0.3 is 6.09 Å². The molecule has 3 fully saturated rings. The summed E-state index contributed by atoms with van der Waals surface area (Å²) in [4.78, 5) is 27.3. The van der Waals surface area contributed by atoms with Crippen LogP contribution in [0.3, 0.4) is 0 Å². The van der Waals surface area contributed by atoms with E-state index in [1.807, 2.05) is 12.1 Å². The zero-order valence-corrected chi connectivity index (χ0v) is 16.6. The van der Waals surface area contributed by atoms with Crippen LogP contribution in [0.15, 0.2) is 18.2 Å². The Morgan fingerprint density at radius 2 is 2.03 bits per heavy atom. The first-order chi connectivity index (χ1) is 14.0. The minimum atomic E-state index is -1.10. The number of carbonyl (C=O) groups excluding carboxylic acids is 1. The highest BCUT2D eigenvalue weighted by molar-refractivity contribution is 5.93. The maximum absolute atomic E-state index is 12.8. The van der Waals surface area contributed by atoms with Gasteiger partial charge in [0, 0.05) is 13.2 Å². The predicted molar refractivity (Wildman–Crippen MR) is 101 cm³/mol. The van der Waals surface area contributed by atoms with E-state index in [-0.39, 0.29) is 24.8 Å². The summed E-state index contributed by atoms with van der Waals surface area (Å²) in [5.74, 6) is 0.983. The van der Waals surface area contributed by atoms with Gasteiger partial charge in [0.1, 0.15) is 12.1 Å². The van der Waals surface area contributed by atoms with Crippen LogP contribution in [0.1, 0.15) is 24.8 Å². The third kappa shape index (κ3) is 3.60. The van der Waals surface area contributed by atoms with Crippen molar-refractivity contribution in [2.24, 2.45) is 0 Å². The number of hydrogen-bond donors (Lipinski definition) is 1. The van der Waals surface area contributed by atoms with Crippen LogP contribution in [0.5, 0.6) is 11.5 Å². The molecule has 0 radical (unpaired) electrons. The lowest BCUT2D eigenvalue weighted by Gasteiger charge is -2.46. The Kier molecular flexibility index (Phi) is 5.51. The number of carbonyl (C=O) groups is 2. The molecular weight excluding hydrogens is 380 g/mol. The fraction of sp³-hybridized carbons (Fsp3) is 0.600. The molecule has 1 aromatic carbocycles. The molecule has 158 valence electrons. The molecule has 4 rings (SSSR count). The van der Waals surface area contributed by atoms with Crippen LogP contribution < -0.4 is 9.47 Å². The van der Waals surface area contributed by atoms with Crippen molar-refractivity contribution in [2.75, 3.05) is 27.4 Å². The topological polar surface area (TPSA) is 97.8 Å². The lowest BCUT2D eigenvalue weighted by atomic mass is 9.93. The lowest BCUT2D eigenvalue weighted by Crippen LogP contribution is -2.68. The molecule has 1 aromatic rings. The van der Waals surface area contributed by atoms with Crippen molar-refractivity contribution in [3.05, 3.63) is 23.8 Å². The van der Waals surface area contributed by atoms with Crippen LogP contribution in [-0.4, -0.2) is 78.8 Å². The Bertz CT molecular complexity index is 780. The first-order valence-electron chi connectivity index (χ1n) is 9.81. The largest absolute Gasteiger partial charge is 0.493 e. The van der Waals surface area contributed by atoms with Crippen LogP contribution in [0.2, 0.25) is 0 Å². The minimum Gasteiger partial charge on any atom is -0.493 e. The number of carboxylic acid groups (broad SMARTS) is 1. The van der Waals surface area contributed by atoms with Crippen LogP contribution >= 0.6 is 0 Å². The van der Waals surface area contributed by atoms with Gasteiger partial charge in [-0.05, 0) is 37.0 Å². The Balaban J connectivity index is 1.51. The Morgan fingerprint density at radius 1 is 1.24 bits per heavy atom. The zero-order valence-electron chi connectivity index (χ0n) is 16.6. The summed E-state index contributed by atoms with van der Waals surface area (Å²) < 4.78 is 22.4. The minimum absolute atomic E-state index is 0.165. The van der Waals surface area contributed by atoms with E-state index in [0.29, 0.717) is 24.7 Å². The number of methoxy groups -OCH3 is 2. The molecule has 3 saturated heterocycles. The molecule has 0 bridgehead atoms. The van der Waals surface area contributed by atoms with E-state index in [4.69, 9.17) is 18.9 Å². The molecule has 0 aromatic heterocycles. The molecule has 9 heteroatoms. The van der Waals surface area contributed by atoms with Gasteiger partial charge in [0.2, 0.25) is 5.91 Å². The molecule has 3 heterocycles. The van der Waals surface area contributed by atoms with E-state index in [1.165, 1.54) is 4.90 Å². The van der Waals surface area contributed by atoms with Crippen molar-refractivity contribution >= 4 is 12.0 Å². The maximum atomic E-state index is 12.8. The average molecular weight is 406 g/mol. The van der Waals surface area contributed by atoms with Gasteiger partial charge in [-0.2, -0.15) is 0 Å². The molecule has 4 atom stereocenters. The second-order valence-corrected chi connectivity index (χ2v) is 7.50. The number of nitrogens with zero attached hydrogens (tertiary/aromatic N) is 2.